The van der Waals surface area contributed by atoms with Crippen LogP contribution in [-0.4, -0.2) is 9.97 Å². The molecule has 0 unspecified atom stereocenters. The summed E-state index contributed by atoms with van der Waals surface area (Å²) in [4.78, 5) is 8.48. The summed E-state index contributed by atoms with van der Waals surface area (Å²) in [6.45, 7) is 0.370. The first-order chi connectivity index (χ1) is 9.78. The Morgan fingerprint density at radius 2 is 2.00 bits per heavy atom. The van der Waals surface area contributed by atoms with Crippen molar-refractivity contribution in [3.05, 3.63) is 59.0 Å². The summed E-state index contributed by atoms with van der Waals surface area (Å²) in [6.07, 6.45) is 5.13. The monoisotopic (exact) mass is 329 g/mol. The molecule has 0 aliphatic carbocycles. The Labute approximate surface area is 124 Å². The molecule has 0 saturated heterocycles. The molecule has 0 atom stereocenters. The van der Waals surface area contributed by atoms with E-state index < -0.39 is 0 Å². The molecule has 100 valence electrons. The van der Waals surface area contributed by atoms with E-state index in [4.69, 9.17) is 10.5 Å². The highest BCUT2D eigenvalue weighted by Gasteiger charge is 2.10. The fourth-order valence-electron chi connectivity index (χ4n) is 1.99. The number of rotatable bonds is 3. The number of ether oxygens (including phenoxy) is 1. The fourth-order valence-corrected chi connectivity index (χ4v) is 2.33. The second kappa shape index (κ2) is 5.56. The number of benzene rings is 1. The van der Waals surface area contributed by atoms with Gasteiger partial charge < -0.3 is 10.5 Å². The fraction of sp³-hybridized carbons (Fsp3) is 0.0667. The number of aromatic nitrogens is 2. The van der Waals surface area contributed by atoms with Crippen molar-refractivity contribution in [1.29, 1.82) is 0 Å². The van der Waals surface area contributed by atoms with Gasteiger partial charge in [-0.1, -0.05) is 12.1 Å². The van der Waals surface area contributed by atoms with Crippen LogP contribution in [0.15, 0.2) is 53.4 Å². The molecule has 0 spiro atoms. The van der Waals surface area contributed by atoms with Crippen molar-refractivity contribution in [2.75, 3.05) is 0 Å². The Hall–Kier alpha value is -1.98. The topological polar surface area (TPSA) is 61.0 Å². The van der Waals surface area contributed by atoms with E-state index in [9.17, 15) is 0 Å². The van der Waals surface area contributed by atoms with E-state index in [0.717, 1.165) is 26.7 Å². The molecule has 0 aliphatic rings. The normalized spacial score (nSPS) is 10.7. The van der Waals surface area contributed by atoms with E-state index in [1.54, 1.807) is 18.6 Å². The maximum atomic E-state index is 5.98. The molecular formula is C15H12BrN3O. The van der Waals surface area contributed by atoms with Crippen LogP contribution in [-0.2, 0) is 6.54 Å². The first kappa shape index (κ1) is 13.0. The number of pyridine rings is 2. The minimum absolute atomic E-state index is 0.370. The number of fused-ring (bicyclic) bond motifs is 1. The molecule has 2 N–H and O–H groups in total. The van der Waals surface area contributed by atoms with Gasteiger partial charge in [0.25, 0.3) is 0 Å². The molecule has 0 aliphatic heterocycles. The molecule has 1 aromatic carbocycles. The molecule has 0 amide bonds. The molecular weight excluding hydrogens is 318 g/mol. The largest absolute Gasteiger partial charge is 0.455 e. The zero-order chi connectivity index (χ0) is 13.9. The highest BCUT2D eigenvalue weighted by molar-refractivity contribution is 9.10. The van der Waals surface area contributed by atoms with E-state index in [2.05, 4.69) is 25.9 Å². The van der Waals surface area contributed by atoms with Crippen molar-refractivity contribution in [2.45, 2.75) is 6.54 Å². The maximum absolute atomic E-state index is 5.98. The quantitative estimate of drug-likeness (QED) is 0.796. The smallest absolute Gasteiger partial charge is 0.146 e. The molecule has 20 heavy (non-hydrogen) atoms. The number of hydrogen-bond donors (Lipinski definition) is 1. The van der Waals surface area contributed by atoms with Crippen LogP contribution in [0.25, 0.3) is 10.9 Å². The summed E-state index contributed by atoms with van der Waals surface area (Å²) in [5.74, 6) is 1.39. The molecule has 3 rings (SSSR count). The number of halogens is 1. The van der Waals surface area contributed by atoms with Crippen LogP contribution >= 0.6 is 15.9 Å². The molecule has 5 heteroatoms. The summed E-state index contributed by atoms with van der Waals surface area (Å²) < 4.78 is 6.85. The van der Waals surface area contributed by atoms with Gasteiger partial charge in [-0.3, -0.25) is 9.97 Å². The second-order valence-corrected chi connectivity index (χ2v) is 5.19. The first-order valence-electron chi connectivity index (χ1n) is 6.13. The maximum Gasteiger partial charge on any atom is 0.146 e. The van der Waals surface area contributed by atoms with Crippen LogP contribution in [0.4, 0.5) is 0 Å². The predicted octanol–water partition coefficient (Wildman–Crippen LogP) is 3.64. The summed E-state index contributed by atoms with van der Waals surface area (Å²) in [5.41, 5.74) is 7.52. The van der Waals surface area contributed by atoms with Gasteiger partial charge in [0.05, 0.1) is 11.7 Å². The third-order valence-corrected chi connectivity index (χ3v) is 3.35. The lowest BCUT2D eigenvalue weighted by Crippen LogP contribution is -2.01. The molecule has 2 aromatic heterocycles. The summed E-state index contributed by atoms with van der Waals surface area (Å²) in [6, 6.07) is 9.69. The van der Waals surface area contributed by atoms with Crippen LogP contribution in [0.5, 0.6) is 11.5 Å². The van der Waals surface area contributed by atoms with Crippen molar-refractivity contribution in [2.24, 2.45) is 5.73 Å². The van der Waals surface area contributed by atoms with E-state index in [1.807, 2.05) is 30.3 Å². The molecule has 4 nitrogen and oxygen atoms in total. The average molecular weight is 330 g/mol. The summed E-state index contributed by atoms with van der Waals surface area (Å²) in [7, 11) is 0. The highest BCUT2D eigenvalue weighted by atomic mass is 79.9. The lowest BCUT2D eigenvalue weighted by Gasteiger charge is -2.12. The lowest BCUT2D eigenvalue weighted by atomic mass is 10.1. The number of nitrogens with zero attached hydrogens (tertiary/aromatic N) is 2. The third-order valence-electron chi connectivity index (χ3n) is 2.92. The van der Waals surface area contributed by atoms with Crippen LogP contribution in [0, 0.1) is 0 Å². The molecule has 0 radical (unpaired) electrons. The SMILES string of the molecule is NCc1cnc2ccccc2c1Oc1cncc(Br)c1. The van der Waals surface area contributed by atoms with Gasteiger partial charge in [0.15, 0.2) is 0 Å². The second-order valence-electron chi connectivity index (χ2n) is 4.27. The number of hydrogen-bond acceptors (Lipinski definition) is 4. The van der Waals surface area contributed by atoms with E-state index in [-0.39, 0.29) is 0 Å². The Kier molecular flexibility index (Phi) is 3.62. The summed E-state index contributed by atoms with van der Waals surface area (Å²) >= 11 is 3.38. The molecule has 3 aromatic rings. The minimum atomic E-state index is 0.370. The van der Waals surface area contributed by atoms with Crippen molar-refractivity contribution in [1.82, 2.24) is 9.97 Å². The van der Waals surface area contributed by atoms with Crippen LogP contribution in [0.1, 0.15) is 5.56 Å². The van der Waals surface area contributed by atoms with Crippen molar-refractivity contribution in [3.8, 4) is 11.5 Å². The van der Waals surface area contributed by atoms with E-state index in [0.29, 0.717) is 12.3 Å². The van der Waals surface area contributed by atoms with Gasteiger partial charge in [-0.2, -0.15) is 0 Å². The highest BCUT2D eigenvalue weighted by Crippen LogP contribution is 2.32. The van der Waals surface area contributed by atoms with Crippen LogP contribution in [0.2, 0.25) is 0 Å². The van der Waals surface area contributed by atoms with Gasteiger partial charge in [-0.15, -0.1) is 0 Å². The lowest BCUT2D eigenvalue weighted by molar-refractivity contribution is 0.479. The van der Waals surface area contributed by atoms with Gasteiger partial charge in [-0.25, -0.2) is 0 Å². The third kappa shape index (κ3) is 2.50. The Balaban J connectivity index is 2.13. The van der Waals surface area contributed by atoms with Gasteiger partial charge in [0, 0.05) is 34.4 Å². The zero-order valence-corrected chi connectivity index (χ0v) is 12.2. The molecule has 0 fully saturated rings. The minimum Gasteiger partial charge on any atom is -0.455 e. The van der Waals surface area contributed by atoms with Crippen molar-refractivity contribution < 1.29 is 4.74 Å². The molecule has 0 saturated carbocycles. The van der Waals surface area contributed by atoms with Gasteiger partial charge in [-0.05, 0) is 34.1 Å². The first-order valence-corrected chi connectivity index (χ1v) is 6.92. The molecule has 2 heterocycles. The summed E-state index contributed by atoms with van der Waals surface area (Å²) in [5, 5.41) is 0.940. The van der Waals surface area contributed by atoms with Gasteiger partial charge in [0.2, 0.25) is 0 Å². The number of nitrogens with two attached hydrogens (primary N) is 1. The zero-order valence-electron chi connectivity index (χ0n) is 10.6. The standard InChI is InChI=1S/C15H12BrN3O/c16-11-5-12(9-18-8-11)20-15-10(6-17)7-19-14-4-2-1-3-13(14)15/h1-5,7-9H,6,17H2. The van der Waals surface area contributed by atoms with Gasteiger partial charge in [0.1, 0.15) is 11.5 Å². The number of para-hydroxylation sites is 1. The Morgan fingerprint density at radius 3 is 2.80 bits per heavy atom. The van der Waals surface area contributed by atoms with Crippen LogP contribution < -0.4 is 10.5 Å². The van der Waals surface area contributed by atoms with Crippen molar-refractivity contribution in [3.63, 3.8) is 0 Å². The Morgan fingerprint density at radius 1 is 1.15 bits per heavy atom. The van der Waals surface area contributed by atoms with Crippen molar-refractivity contribution >= 4 is 26.8 Å². The Bertz CT molecular complexity index is 761. The van der Waals surface area contributed by atoms with Gasteiger partial charge >= 0.3 is 0 Å². The van der Waals surface area contributed by atoms with Crippen LogP contribution in [0.3, 0.4) is 0 Å². The predicted molar refractivity (Wildman–Crippen MR) is 81.6 cm³/mol. The van der Waals surface area contributed by atoms with E-state index in [1.165, 1.54) is 0 Å². The van der Waals surface area contributed by atoms with E-state index >= 15 is 0 Å². The molecule has 0 bridgehead atoms. The average Bonchev–Trinajstić information content (AvgIpc) is 2.48.